The van der Waals surface area contributed by atoms with Crippen LogP contribution in [0.1, 0.15) is 31.2 Å². The maximum absolute atomic E-state index is 11.3. The van der Waals surface area contributed by atoms with E-state index in [0.29, 0.717) is 0 Å². The first-order valence-corrected chi connectivity index (χ1v) is 7.54. The molecule has 4 heteroatoms. The van der Waals surface area contributed by atoms with Crippen LogP contribution in [-0.2, 0) is 11.3 Å². The summed E-state index contributed by atoms with van der Waals surface area (Å²) in [6.45, 7) is 0.799. The summed E-state index contributed by atoms with van der Waals surface area (Å²) < 4.78 is 1.07. The van der Waals surface area contributed by atoms with Crippen molar-refractivity contribution in [3.05, 3.63) is 34.3 Å². The smallest absolute Gasteiger partial charge is 0.308 e. The fraction of sp³-hybridized carbons (Fsp3) is 0.533. The van der Waals surface area contributed by atoms with Gasteiger partial charge in [-0.05, 0) is 37.6 Å². The number of hydrogen-bond donors (Lipinski definition) is 1. The fourth-order valence-electron chi connectivity index (χ4n) is 2.97. The van der Waals surface area contributed by atoms with Crippen molar-refractivity contribution in [2.45, 2.75) is 38.3 Å². The van der Waals surface area contributed by atoms with E-state index in [1.165, 1.54) is 5.56 Å². The lowest BCUT2D eigenvalue weighted by Gasteiger charge is -2.35. The summed E-state index contributed by atoms with van der Waals surface area (Å²) in [7, 11) is 2.03. The van der Waals surface area contributed by atoms with Crippen molar-refractivity contribution in [1.29, 1.82) is 0 Å². The van der Waals surface area contributed by atoms with Gasteiger partial charge in [-0.25, -0.2) is 0 Å². The Bertz CT molecular complexity index is 450. The van der Waals surface area contributed by atoms with Gasteiger partial charge in [0.1, 0.15) is 0 Å². The molecule has 0 bridgehead atoms. The monoisotopic (exact) mass is 325 g/mol. The summed E-state index contributed by atoms with van der Waals surface area (Å²) in [5.74, 6) is -0.864. The SMILES string of the molecule is CN(Cc1cccc(Br)c1)C1CCCCC1C(=O)O. The lowest BCUT2D eigenvalue weighted by Crippen LogP contribution is -2.43. The van der Waals surface area contributed by atoms with Crippen LogP contribution >= 0.6 is 15.9 Å². The van der Waals surface area contributed by atoms with E-state index in [-0.39, 0.29) is 12.0 Å². The number of hydrogen-bond acceptors (Lipinski definition) is 2. The van der Waals surface area contributed by atoms with Crippen molar-refractivity contribution in [2.75, 3.05) is 7.05 Å². The summed E-state index contributed by atoms with van der Waals surface area (Å²) >= 11 is 3.47. The highest BCUT2D eigenvalue weighted by atomic mass is 79.9. The van der Waals surface area contributed by atoms with Crippen molar-refractivity contribution >= 4 is 21.9 Å². The predicted octanol–water partition coefficient (Wildman–Crippen LogP) is 3.52. The lowest BCUT2D eigenvalue weighted by molar-refractivity contribution is -0.145. The molecule has 0 radical (unpaired) electrons. The molecule has 0 heterocycles. The minimum Gasteiger partial charge on any atom is -0.481 e. The van der Waals surface area contributed by atoms with Gasteiger partial charge in [-0.1, -0.05) is 40.9 Å². The minimum atomic E-state index is -0.647. The highest BCUT2D eigenvalue weighted by molar-refractivity contribution is 9.10. The van der Waals surface area contributed by atoms with Crippen molar-refractivity contribution < 1.29 is 9.90 Å². The molecule has 0 saturated heterocycles. The summed E-state index contributed by atoms with van der Waals surface area (Å²) in [6, 6.07) is 8.35. The van der Waals surface area contributed by atoms with Gasteiger partial charge in [-0.15, -0.1) is 0 Å². The van der Waals surface area contributed by atoms with Crippen LogP contribution in [0.15, 0.2) is 28.7 Å². The molecule has 3 nitrogen and oxygen atoms in total. The van der Waals surface area contributed by atoms with Gasteiger partial charge >= 0.3 is 5.97 Å². The third-order valence-corrected chi connectivity index (χ3v) is 4.43. The molecule has 2 rings (SSSR count). The molecule has 0 amide bonds. The van der Waals surface area contributed by atoms with Gasteiger partial charge in [0.2, 0.25) is 0 Å². The maximum Gasteiger partial charge on any atom is 0.308 e. The first-order chi connectivity index (χ1) is 9.08. The number of carboxylic acid groups (broad SMARTS) is 1. The van der Waals surface area contributed by atoms with E-state index in [9.17, 15) is 9.90 Å². The highest BCUT2D eigenvalue weighted by Crippen LogP contribution is 2.29. The summed E-state index contributed by atoms with van der Waals surface area (Å²) in [5, 5.41) is 9.33. The number of rotatable bonds is 4. The molecule has 1 aromatic carbocycles. The Hall–Kier alpha value is -0.870. The van der Waals surface area contributed by atoms with E-state index in [2.05, 4.69) is 33.0 Å². The zero-order valence-electron chi connectivity index (χ0n) is 11.2. The van der Waals surface area contributed by atoms with Crippen LogP contribution in [0.2, 0.25) is 0 Å². The Balaban J connectivity index is 2.05. The largest absolute Gasteiger partial charge is 0.481 e. The van der Waals surface area contributed by atoms with E-state index in [4.69, 9.17) is 0 Å². The molecule has 0 aromatic heterocycles. The Morgan fingerprint density at radius 2 is 2.16 bits per heavy atom. The average Bonchev–Trinajstić information content (AvgIpc) is 2.38. The van der Waals surface area contributed by atoms with Crippen LogP contribution in [0.25, 0.3) is 0 Å². The zero-order chi connectivity index (χ0) is 13.8. The molecule has 1 N–H and O–H groups in total. The van der Waals surface area contributed by atoms with Crippen LogP contribution < -0.4 is 0 Å². The lowest BCUT2D eigenvalue weighted by atomic mass is 9.83. The van der Waals surface area contributed by atoms with Gasteiger partial charge in [0.25, 0.3) is 0 Å². The van der Waals surface area contributed by atoms with Crippen molar-refractivity contribution in [3.63, 3.8) is 0 Å². The average molecular weight is 326 g/mol. The molecule has 1 saturated carbocycles. The number of benzene rings is 1. The van der Waals surface area contributed by atoms with Crippen LogP contribution in [0.3, 0.4) is 0 Å². The van der Waals surface area contributed by atoms with Gasteiger partial charge in [0.05, 0.1) is 5.92 Å². The van der Waals surface area contributed by atoms with E-state index in [0.717, 1.165) is 36.7 Å². The maximum atomic E-state index is 11.3. The van der Waals surface area contributed by atoms with Crippen LogP contribution in [0.4, 0.5) is 0 Å². The van der Waals surface area contributed by atoms with Crippen molar-refractivity contribution in [3.8, 4) is 0 Å². The normalized spacial score (nSPS) is 23.5. The summed E-state index contributed by atoms with van der Waals surface area (Å²) in [4.78, 5) is 13.5. The Labute approximate surface area is 122 Å². The number of aliphatic carboxylic acids is 1. The number of halogens is 1. The quantitative estimate of drug-likeness (QED) is 0.920. The number of carboxylic acids is 1. The Morgan fingerprint density at radius 3 is 2.84 bits per heavy atom. The van der Waals surface area contributed by atoms with Gasteiger partial charge in [-0.3, -0.25) is 9.69 Å². The number of nitrogens with zero attached hydrogens (tertiary/aromatic N) is 1. The van der Waals surface area contributed by atoms with E-state index in [1.807, 2.05) is 19.2 Å². The minimum absolute atomic E-state index is 0.158. The van der Waals surface area contributed by atoms with Gasteiger partial charge in [-0.2, -0.15) is 0 Å². The third-order valence-electron chi connectivity index (χ3n) is 3.93. The standard InChI is InChI=1S/C15H20BrNO2/c1-17(10-11-5-4-6-12(16)9-11)14-8-3-2-7-13(14)15(18)19/h4-6,9,13-14H,2-3,7-8,10H2,1H3,(H,18,19). The van der Waals surface area contributed by atoms with E-state index < -0.39 is 5.97 Å². The van der Waals surface area contributed by atoms with Gasteiger partial charge in [0.15, 0.2) is 0 Å². The van der Waals surface area contributed by atoms with Crippen molar-refractivity contribution in [2.24, 2.45) is 5.92 Å². The summed E-state index contributed by atoms with van der Waals surface area (Å²) in [6.07, 6.45) is 3.97. The molecule has 104 valence electrons. The predicted molar refractivity (Wildman–Crippen MR) is 79.0 cm³/mol. The first-order valence-electron chi connectivity index (χ1n) is 6.75. The molecule has 0 aliphatic heterocycles. The highest BCUT2D eigenvalue weighted by Gasteiger charge is 2.33. The van der Waals surface area contributed by atoms with Gasteiger partial charge < -0.3 is 5.11 Å². The third kappa shape index (κ3) is 3.80. The van der Waals surface area contributed by atoms with Crippen LogP contribution in [0, 0.1) is 5.92 Å². The second kappa shape index (κ2) is 6.53. The molecule has 1 aliphatic rings. The van der Waals surface area contributed by atoms with Crippen LogP contribution in [0.5, 0.6) is 0 Å². The molecule has 0 spiro atoms. The molecule has 1 fully saturated rings. The first kappa shape index (κ1) is 14.5. The topological polar surface area (TPSA) is 40.5 Å². The van der Waals surface area contributed by atoms with E-state index in [1.54, 1.807) is 0 Å². The molecule has 1 aliphatic carbocycles. The zero-order valence-corrected chi connectivity index (χ0v) is 12.8. The van der Waals surface area contributed by atoms with E-state index >= 15 is 0 Å². The molecular weight excluding hydrogens is 306 g/mol. The fourth-order valence-corrected chi connectivity index (χ4v) is 3.41. The Morgan fingerprint density at radius 1 is 1.42 bits per heavy atom. The van der Waals surface area contributed by atoms with Crippen LogP contribution in [-0.4, -0.2) is 29.1 Å². The second-order valence-corrected chi connectivity index (χ2v) is 6.26. The molecule has 2 unspecified atom stereocenters. The van der Waals surface area contributed by atoms with Gasteiger partial charge in [0, 0.05) is 17.1 Å². The summed E-state index contributed by atoms with van der Waals surface area (Å²) in [5.41, 5.74) is 1.21. The molecule has 1 aromatic rings. The molecule has 19 heavy (non-hydrogen) atoms. The Kier molecular flexibility index (Phi) is 4.99. The second-order valence-electron chi connectivity index (χ2n) is 5.34. The number of carbonyl (C=O) groups is 1. The van der Waals surface area contributed by atoms with Crippen molar-refractivity contribution in [1.82, 2.24) is 4.90 Å². The molecule has 2 atom stereocenters. The molecular formula is C15H20BrNO2.